The highest BCUT2D eigenvalue weighted by Crippen LogP contribution is 2.41. The average Bonchev–Trinajstić information content (AvgIpc) is 3.12. The lowest BCUT2D eigenvalue weighted by Crippen LogP contribution is -2.44. The van der Waals surface area contributed by atoms with Gasteiger partial charge in [-0.05, 0) is 26.8 Å². The number of carboxylic acid groups (broad SMARTS) is 1. The summed E-state index contributed by atoms with van der Waals surface area (Å²) < 4.78 is 16.5. The Bertz CT molecular complexity index is 674. The first kappa shape index (κ1) is 17.4. The Morgan fingerprint density at radius 2 is 2.00 bits per heavy atom. The van der Waals surface area contributed by atoms with Crippen molar-refractivity contribution in [2.24, 2.45) is 0 Å². The Balaban J connectivity index is 1.84. The molecule has 0 aliphatic carbocycles. The van der Waals surface area contributed by atoms with Crippen molar-refractivity contribution < 1.29 is 28.9 Å². The maximum atomic E-state index is 12.0. The van der Waals surface area contributed by atoms with Gasteiger partial charge in [-0.15, -0.1) is 0 Å². The first-order chi connectivity index (χ1) is 11.7. The fourth-order valence-electron chi connectivity index (χ4n) is 3.15. The molecule has 0 saturated carbocycles. The number of ether oxygens (including phenoxy) is 3. The zero-order valence-electron chi connectivity index (χ0n) is 14.7. The van der Waals surface area contributed by atoms with E-state index in [9.17, 15) is 14.7 Å². The Morgan fingerprint density at radius 1 is 1.28 bits per heavy atom. The minimum atomic E-state index is -1.12. The van der Waals surface area contributed by atoms with Crippen LogP contribution in [0.5, 0.6) is 11.5 Å². The SMILES string of the molecule is CC(C)(C)OC(=O)NC(Cc1c2c(cc3c1OCC3)OCC2)C(=O)O. The summed E-state index contributed by atoms with van der Waals surface area (Å²) in [6, 6.07) is 0.876. The van der Waals surface area contributed by atoms with Crippen LogP contribution in [0.25, 0.3) is 0 Å². The van der Waals surface area contributed by atoms with E-state index < -0.39 is 23.7 Å². The molecule has 25 heavy (non-hydrogen) atoms. The van der Waals surface area contributed by atoms with E-state index in [1.165, 1.54) is 0 Å². The molecule has 136 valence electrons. The number of carbonyl (C=O) groups excluding carboxylic acids is 1. The Hall–Kier alpha value is -2.44. The van der Waals surface area contributed by atoms with Crippen LogP contribution >= 0.6 is 0 Å². The third-order valence-corrected chi connectivity index (χ3v) is 4.16. The molecule has 2 heterocycles. The van der Waals surface area contributed by atoms with Crippen molar-refractivity contribution in [3.63, 3.8) is 0 Å². The van der Waals surface area contributed by atoms with E-state index in [1.54, 1.807) is 20.8 Å². The highest BCUT2D eigenvalue weighted by molar-refractivity contribution is 5.80. The van der Waals surface area contributed by atoms with Crippen LogP contribution in [0.4, 0.5) is 4.79 Å². The summed E-state index contributed by atoms with van der Waals surface area (Å²) in [7, 11) is 0. The Kier molecular flexibility index (Phi) is 4.49. The molecule has 0 radical (unpaired) electrons. The molecule has 1 aromatic carbocycles. The van der Waals surface area contributed by atoms with Crippen LogP contribution in [0.2, 0.25) is 0 Å². The van der Waals surface area contributed by atoms with Crippen molar-refractivity contribution in [2.75, 3.05) is 13.2 Å². The standard InChI is InChI=1S/C18H23NO6/c1-18(2,3)25-17(22)19-13(16(20)21)9-12-11-5-7-23-14(11)8-10-4-6-24-15(10)12/h8,13H,4-7,9H2,1-3H3,(H,19,22)(H,20,21). The maximum absolute atomic E-state index is 12.0. The van der Waals surface area contributed by atoms with Crippen molar-refractivity contribution in [3.05, 3.63) is 22.8 Å². The van der Waals surface area contributed by atoms with Crippen LogP contribution in [0.1, 0.15) is 37.5 Å². The lowest BCUT2D eigenvalue weighted by atomic mass is 9.94. The largest absolute Gasteiger partial charge is 0.493 e. The van der Waals surface area contributed by atoms with Crippen LogP contribution in [0.3, 0.4) is 0 Å². The first-order valence-electron chi connectivity index (χ1n) is 8.40. The maximum Gasteiger partial charge on any atom is 0.408 e. The molecule has 0 spiro atoms. The second-order valence-electron chi connectivity index (χ2n) is 7.26. The van der Waals surface area contributed by atoms with E-state index in [0.717, 1.165) is 34.6 Å². The predicted molar refractivity (Wildman–Crippen MR) is 89.3 cm³/mol. The minimum absolute atomic E-state index is 0.128. The monoisotopic (exact) mass is 349 g/mol. The van der Waals surface area contributed by atoms with Gasteiger partial charge in [0.25, 0.3) is 0 Å². The summed E-state index contributed by atoms with van der Waals surface area (Å²) in [4.78, 5) is 23.6. The van der Waals surface area contributed by atoms with Crippen LogP contribution in [-0.2, 0) is 28.8 Å². The normalized spacial score (nSPS) is 16.3. The molecule has 7 heteroatoms. The van der Waals surface area contributed by atoms with Gasteiger partial charge in [0.2, 0.25) is 0 Å². The number of rotatable bonds is 4. The first-order valence-corrected chi connectivity index (χ1v) is 8.40. The average molecular weight is 349 g/mol. The quantitative estimate of drug-likeness (QED) is 0.864. The Labute approximate surface area is 146 Å². The molecule has 0 aromatic heterocycles. The summed E-state index contributed by atoms with van der Waals surface area (Å²) in [5, 5.41) is 12.0. The van der Waals surface area contributed by atoms with Gasteiger partial charge in [-0.3, -0.25) is 0 Å². The molecular weight excluding hydrogens is 326 g/mol. The lowest BCUT2D eigenvalue weighted by Gasteiger charge is -2.23. The fraction of sp³-hybridized carbons (Fsp3) is 0.556. The lowest BCUT2D eigenvalue weighted by molar-refractivity contribution is -0.139. The summed E-state index contributed by atoms with van der Waals surface area (Å²) in [5.74, 6) is 0.413. The molecule has 1 amide bonds. The summed E-state index contributed by atoms with van der Waals surface area (Å²) in [6.45, 7) is 6.32. The molecule has 2 aliphatic rings. The van der Waals surface area contributed by atoms with Crippen molar-refractivity contribution in [1.82, 2.24) is 5.32 Å². The Morgan fingerprint density at radius 3 is 2.68 bits per heavy atom. The third kappa shape index (κ3) is 3.81. The molecule has 2 N–H and O–H groups in total. The van der Waals surface area contributed by atoms with Crippen molar-refractivity contribution in [3.8, 4) is 11.5 Å². The molecule has 1 atom stereocenters. The zero-order valence-corrected chi connectivity index (χ0v) is 14.7. The van der Waals surface area contributed by atoms with Crippen LogP contribution in [0.15, 0.2) is 6.07 Å². The van der Waals surface area contributed by atoms with Gasteiger partial charge in [-0.25, -0.2) is 9.59 Å². The van der Waals surface area contributed by atoms with Crippen LogP contribution < -0.4 is 14.8 Å². The zero-order chi connectivity index (χ0) is 18.2. The molecule has 0 bridgehead atoms. The van der Waals surface area contributed by atoms with Crippen molar-refractivity contribution in [2.45, 2.75) is 51.7 Å². The van der Waals surface area contributed by atoms with E-state index in [1.807, 2.05) is 6.07 Å². The number of fused-ring (bicyclic) bond motifs is 2. The second-order valence-corrected chi connectivity index (χ2v) is 7.26. The van der Waals surface area contributed by atoms with Gasteiger partial charge in [-0.2, -0.15) is 0 Å². The predicted octanol–water partition coefficient (Wildman–Crippen LogP) is 2.08. The number of hydrogen-bond acceptors (Lipinski definition) is 5. The molecule has 1 unspecified atom stereocenters. The molecular formula is C18H23NO6. The molecule has 0 fully saturated rings. The van der Waals surface area contributed by atoms with Crippen LogP contribution in [-0.4, -0.2) is 42.0 Å². The van der Waals surface area contributed by atoms with E-state index in [-0.39, 0.29) is 6.42 Å². The van der Waals surface area contributed by atoms with Gasteiger partial charge in [-0.1, -0.05) is 0 Å². The number of nitrogens with one attached hydrogen (secondary N) is 1. The molecule has 0 saturated heterocycles. The summed E-state index contributed by atoms with van der Waals surface area (Å²) >= 11 is 0. The topological polar surface area (TPSA) is 94.1 Å². The highest BCUT2D eigenvalue weighted by atomic mass is 16.6. The number of amides is 1. The number of benzene rings is 1. The van der Waals surface area contributed by atoms with Crippen molar-refractivity contribution >= 4 is 12.1 Å². The van der Waals surface area contributed by atoms with E-state index >= 15 is 0 Å². The van der Waals surface area contributed by atoms with Gasteiger partial charge >= 0.3 is 12.1 Å². The molecule has 7 nitrogen and oxygen atoms in total. The minimum Gasteiger partial charge on any atom is -0.493 e. The highest BCUT2D eigenvalue weighted by Gasteiger charge is 2.31. The van der Waals surface area contributed by atoms with E-state index in [0.29, 0.717) is 19.6 Å². The number of alkyl carbamates (subject to hydrolysis) is 1. The van der Waals surface area contributed by atoms with Gasteiger partial charge in [0.05, 0.1) is 13.2 Å². The van der Waals surface area contributed by atoms with Gasteiger partial charge in [0.15, 0.2) is 0 Å². The number of carbonyl (C=O) groups is 2. The number of aliphatic carboxylic acids is 1. The summed E-state index contributed by atoms with van der Waals surface area (Å²) in [5.41, 5.74) is 2.11. The molecule has 3 rings (SSSR count). The van der Waals surface area contributed by atoms with E-state index in [2.05, 4.69) is 5.32 Å². The smallest absolute Gasteiger partial charge is 0.408 e. The van der Waals surface area contributed by atoms with E-state index in [4.69, 9.17) is 14.2 Å². The number of hydrogen-bond donors (Lipinski definition) is 2. The van der Waals surface area contributed by atoms with Gasteiger partial charge in [0.1, 0.15) is 23.1 Å². The molecule has 1 aromatic rings. The second kappa shape index (κ2) is 6.46. The summed E-state index contributed by atoms with van der Waals surface area (Å²) in [6.07, 6.45) is 0.862. The number of carboxylic acids is 1. The molecule has 2 aliphatic heterocycles. The van der Waals surface area contributed by atoms with Gasteiger partial charge < -0.3 is 24.6 Å². The van der Waals surface area contributed by atoms with Crippen molar-refractivity contribution in [1.29, 1.82) is 0 Å². The van der Waals surface area contributed by atoms with Gasteiger partial charge in [0, 0.05) is 36.0 Å². The fourth-order valence-corrected chi connectivity index (χ4v) is 3.15. The van der Waals surface area contributed by atoms with Crippen LogP contribution in [0, 0.1) is 0 Å². The third-order valence-electron chi connectivity index (χ3n) is 4.16.